The first-order valence-corrected chi connectivity index (χ1v) is 8.23. The first-order chi connectivity index (χ1) is 10.1. The second-order valence-corrected chi connectivity index (χ2v) is 6.78. The monoisotopic (exact) mass is 345 g/mol. The van der Waals surface area contributed by atoms with Crippen LogP contribution < -0.4 is 0 Å². The van der Waals surface area contributed by atoms with Crippen LogP contribution in [-0.2, 0) is 0 Å². The third kappa shape index (κ3) is 2.52. The Morgan fingerprint density at radius 1 is 1.29 bits per heavy atom. The molecule has 0 atom stereocenters. The number of rotatable bonds is 2. The first kappa shape index (κ1) is 14.7. The average molecular weight is 346 g/mol. The Balaban J connectivity index is 1.95. The van der Waals surface area contributed by atoms with Gasteiger partial charge >= 0.3 is 0 Å². The fourth-order valence-corrected chi connectivity index (χ4v) is 4.10. The van der Waals surface area contributed by atoms with Gasteiger partial charge in [0, 0.05) is 11.1 Å². The molecular formula is C18H20BrNO. The lowest BCUT2D eigenvalue weighted by atomic mass is 9.86. The number of likely N-dealkylation sites (tertiary alicyclic amines) is 1. The summed E-state index contributed by atoms with van der Waals surface area (Å²) >= 11 is 3.67. The van der Waals surface area contributed by atoms with Crippen LogP contribution in [0.25, 0.3) is 11.1 Å². The Bertz CT molecular complexity index is 659. The van der Waals surface area contributed by atoms with Gasteiger partial charge in [0.1, 0.15) is 6.26 Å². The molecular weight excluding hydrogens is 326 g/mol. The van der Waals surface area contributed by atoms with Crippen LogP contribution in [-0.4, -0.2) is 24.5 Å². The molecule has 2 heterocycles. The van der Waals surface area contributed by atoms with E-state index in [4.69, 9.17) is 10.8 Å². The predicted molar refractivity (Wildman–Crippen MR) is 89.8 cm³/mol. The van der Waals surface area contributed by atoms with Crippen LogP contribution in [0.2, 0.25) is 0 Å². The average Bonchev–Trinajstić information content (AvgIpc) is 2.74. The van der Waals surface area contributed by atoms with Gasteiger partial charge in [-0.15, -0.1) is 6.42 Å². The summed E-state index contributed by atoms with van der Waals surface area (Å²) in [6, 6.07) is 0. The number of halogens is 1. The fraction of sp³-hybridized carbons (Fsp3) is 0.444. The van der Waals surface area contributed by atoms with Gasteiger partial charge in [0.2, 0.25) is 0 Å². The van der Waals surface area contributed by atoms with Gasteiger partial charge in [-0.05, 0) is 78.3 Å². The summed E-state index contributed by atoms with van der Waals surface area (Å²) < 4.78 is 6.50. The molecule has 21 heavy (non-hydrogen) atoms. The van der Waals surface area contributed by atoms with Crippen molar-refractivity contribution in [3.63, 3.8) is 0 Å². The highest BCUT2D eigenvalue weighted by Crippen LogP contribution is 2.46. The van der Waals surface area contributed by atoms with Crippen molar-refractivity contribution >= 4 is 15.9 Å². The Kier molecular flexibility index (Phi) is 4.10. The third-order valence-corrected chi connectivity index (χ3v) is 5.40. The molecule has 0 unspecified atom stereocenters. The van der Waals surface area contributed by atoms with Crippen molar-refractivity contribution in [2.24, 2.45) is 0 Å². The molecule has 1 saturated heterocycles. The molecule has 0 aromatic rings. The zero-order valence-corrected chi connectivity index (χ0v) is 14.2. The van der Waals surface area contributed by atoms with Crippen LogP contribution in [0.3, 0.4) is 0 Å². The summed E-state index contributed by atoms with van der Waals surface area (Å²) in [5.41, 5.74) is 6.85. The largest absolute Gasteiger partial charge is 0.471 e. The molecule has 0 aromatic carbocycles. The molecule has 2 aliphatic heterocycles. The molecule has 1 fully saturated rings. The maximum absolute atomic E-state index is 5.43. The third-order valence-electron chi connectivity index (χ3n) is 4.82. The quantitative estimate of drug-likeness (QED) is 0.741. The van der Waals surface area contributed by atoms with E-state index in [0.29, 0.717) is 5.92 Å². The maximum atomic E-state index is 5.43. The second kappa shape index (κ2) is 5.87. The van der Waals surface area contributed by atoms with Gasteiger partial charge in [0.15, 0.2) is 0 Å². The minimum atomic E-state index is 0.619. The minimum absolute atomic E-state index is 0.619. The van der Waals surface area contributed by atoms with E-state index in [-0.39, 0.29) is 0 Å². The highest BCUT2D eigenvalue weighted by Gasteiger charge is 2.29. The molecule has 0 amide bonds. The lowest BCUT2D eigenvalue weighted by Crippen LogP contribution is -2.33. The van der Waals surface area contributed by atoms with Crippen LogP contribution >= 0.6 is 15.9 Å². The van der Waals surface area contributed by atoms with Crippen molar-refractivity contribution < 1.29 is 4.42 Å². The maximum Gasteiger partial charge on any atom is 0.105 e. The van der Waals surface area contributed by atoms with E-state index < -0.39 is 0 Å². The lowest BCUT2D eigenvalue weighted by molar-refractivity contribution is 0.236. The summed E-state index contributed by atoms with van der Waals surface area (Å²) in [5, 5.41) is 0. The van der Waals surface area contributed by atoms with Crippen molar-refractivity contribution in [3.05, 3.63) is 33.7 Å². The van der Waals surface area contributed by atoms with Gasteiger partial charge in [-0.3, -0.25) is 4.90 Å². The molecule has 0 spiro atoms. The summed E-state index contributed by atoms with van der Waals surface area (Å²) in [6.07, 6.45) is 11.4. The zero-order chi connectivity index (χ0) is 15.0. The number of piperidine rings is 1. The van der Waals surface area contributed by atoms with E-state index in [9.17, 15) is 0 Å². The van der Waals surface area contributed by atoms with Crippen LogP contribution in [0.5, 0.6) is 0 Å². The van der Waals surface area contributed by atoms with Crippen molar-refractivity contribution in [3.8, 4) is 23.5 Å². The molecule has 0 N–H and O–H groups in total. The smallest absolute Gasteiger partial charge is 0.105 e. The minimum Gasteiger partial charge on any atom is -0.471 e. The van der Waals surface area contributed by atoms with Gasteiger partial charge < -0.3 is 4.42 Å². The van der Waals surface area contributed by atoms with Gasteiger partial charge in [-0.2, -0.15) is 0 Å². The van der Waals surface area contributed by atoms with Crippen LogP contribution in [0.1, 0.15) is 35.4 Å². The summed E-state index contributed by atoms with van der Waals surface area (Å²) in [5.74, 6) is 3.37. The number of fused-ring (bicyclic) bond motifs is 1. The molecule has 2 nitrogen and oxygen atoms in total. The molecule has 0 aromatic heterocycles. The van der Waals surface area contributed by atoms with Crippen LogP contribution in [0.4, 0.5) is 0 Å². The number of hydrogen-bond donors (Lipinski definition) is 0. The highest BCUT2D eigenvalue weighted by molar-refractivity contribution is 9.10. The van der Waals surface area contributed by atoms with E-state index in [1.807, 2.05) is 6.26 Å². The van der Waals surface area contributed by atoms with Gasteiger partial charge in [-0.1, -0.05) is 5.92 Å². The Morgan fingerprint density at radius 3 is 2.67 bits per heavy atom. The van der Waals surface area contributed by atoms with E-state index in [1.165, 1.54) is 40.7 Å². The van der Waals surface area contributed by atoms with Crippen molar-refractivity contribution in [2.75, 3.05) is 19.6 Å². The fourth-order valence-electron chi connectivity index (χ4n) is 3.57. The number of hydrogen-bond acceptors (Lipinski definition) is 2. The predicted octanol–water partition coefficient (Wildman–Crippen LogP) is 4.58. The van der Waals surface area contributed by atoms with Crippen LogP contribution in [0, 0.1) is 26.2 Å². The topological polar surface area (TPSA) is 16.4 Å². The van der Waals surface area contributed by atoms with Crippen molar-refractivity contribution in [1.82, 2.24) is 4.90 Å². The molecule has 0 radical (unpaired) electrons. The standard InChI is InChI=1S/C18H20BrNO/c1-4-7-20-8-5-14(6-9-20)17-13(3)12(2)15-10-21-11-16(19)18(15)17/h1,10-11,14H,5-9H2,2-3H3. The Hall–Kier alpha value is -1.24. The number of nitrogens with zero attached hydrogens (tertiary/aromatic N) is 1. The van der Waals surface area contributed by atoms with Gasteiger partial charge in [0.05, 0.1) is 17.3 Å². The highest BCUT2D eigenvalue weighted by atomic mass is 79.9. The zero-order valence-electron chi connectivity index (χ0n) is 12.6. The molecule has 3 heteroatoms. The van der Waals surface area contributed by atoms with E-state index >= 15 is 0 Å². The molecule has 1 aliphatic carbocycles. The van der Waals surface area contributed by atoms with Gasteiger partial charge in [-0.25, -0.2) is 0 Å². The molecule has 3 aliphatic rings. The summed E-state index contributed by atoms with van der Waals surface area (Å²) in [4.78, 5) is 2.37. The Morgan fingerprint density at radius 2 is 2.00 bits per heavy atom. The first-order valence-electron chi connectivity index (χ1n) is 7.43. The molecule has 3 rings (SSSR count). The van der Waals surface area contributed by atoms with E-state index in [1.54, 1.807) is 6.26 Å². The summed E-state index contributed by atoms with van der Waals surface area (Å²) in [6.45, 7) is 7.39. The van der Waals surface area contributed by atoms with Crippen molar-refractivity contribution in [2.45, 2.75) is 32.6 Å². The van der Waals surface area contributed by atoms with Crippen LogP contribution in [0.15, 0.2) is 21.4 Å². The Labute approximate surface area is 135 Å². The second-order valence-electron chi connectivity index (χ2n) is 5.93. The van der Waals surface area contributed by atoms with E-state index in [2.05, 4.69) is 40.6 Å². The summed E-state index contributed by atoms with van der Waals surface area (Å²) in [7, 11) is 0. The van der Waals surface area contributed by atoms with Crippen molar-refractivity contribution in [1.29, 1.82) is 0 Å². The molecule has 110 valence electrons. The SMILES string of the molecule is C#CCN1CCC(c2c(C)c(C)c3cocc(Br)c2-3)CC1. The van der Waals surface area contributed by atoms with E-state index in [0.717, 1.165) is 24.1 Å². The van der Waals surface area contributed by atoms with Gasteiger partial charge in [0.25, 0.3) is 0 Å². The lowest BCUT2D eigenvalue weighted by Gasteiger charge is -2.31. The number of terminal acetylenes is 1. The molecule has 0 saturated carbocycles. The normalized spacial score (nSPS) is 17.2. The molecule has 0 bridgehead atoms.